The fourth-order valence-electron chi connectivity index (χ4n) is 3.19. The van der Waals surface area contributed by atoms with E-state index in [0.717, 1.165) is 11.0 Å². The van der Waals surface area contributed by atoms with Crippen molar-refractivity contribution >= 4 is 18.7 Å². The van der Waals surface area contributed by atoms with E-state index in [-0.39, 0.29) is 17.2 Å². The molecule has 0 aromatic heterocycles. The maximum absolute atomic E-state index is 11.4. The van der Waals surface area contributed by atoms with Crippen molar-refractivity contribution in [1.29, 1.82) is 0 Å². The van der Waals surface area contributed by atoms with Crippen LogP contribution < -0.4 is 5.46 Å². The van der Waals surface area contributed by atoms with Gasteiger partial charge in [0.1, 0.15) is 0 Å². The summed E-state index contributed by atoms with van der Waals surface area (Å²) < 4.78 is 17.7. The second-order valence-corrected chi connectivity index (χ2v) is 7.74. The number of nitrogens with zero attached hydrogens (tertiary/aromatic N) is 1. The Hall–Kier alpha value is -1.57. The molecule has 2 saturated heterocycles. The Labute approximate surface area is 149 Å². The highest BCUT2D eigenvalue weighted by atomic mass is 16.7. The first-order chi connectivity index (χ1) is 11.7. The minimum Gasteiger partial charge on any atom is -0.465 e. The van der Waals surface area contributed by atoms with Gasteiger partial charge in [0.25, 0.3) is 0 Å². The van der Waals surface area contributed by atoms with Gasteiger partial charge in [0.05, 0.1) is 30.5 Å². The molecule has 1 aromatic rings. The summed E-state index contributed by atoms with van der Waals surface area (Å²) in [6, 6.07) is 7.82. The van der Waals surface area contributed by atoms with Crippen LogP contribution in [0, 0.1) is 0 Å². The molecule has 25 heavy (non-hydrogen) atoms. The SMILES string of the molecule is CC1(C)OB(c2cccc(C[C@@H]3COCCN3C(=O)O)c2)OC1(C)C. The summed E-state index contributed by atoms with van der Waals surface area (Å²) in [5, 5.41) is 9.36. The molecule has 2 aliphatic rings. The van der Waals surface area contributed by atoms with Crippen molar-refractivity contribution in [3.63, 3.8) is 0 Å². The number of ether oxygens (including phenoxy) is 1. The van der Waals surface area contributed by atoms with Crippen LogP contribution in [0.4, 0.5) is 4.79 Å². The number of morpholine rings is 1. The van der Waals surface area contributed by atoms with Gasteiger partial charge in [0.2, 0.25) is 0 Å². The van der Waals surface area contributed by atoms with Gasteiger partial charge in [-0.05, 0) is 45.1 Å². The minimum atomic E-state index is -0.893. The maximum atomic E-state index is 11.4. The molecule has 0 aliphatic carbocycles. The van der Waals surface area contributed by atoms with Gasteiger partial charge < -0.3 is 24.1 Å². The first-order valence-electron chi connectivity index (χ1n) is 8.71. The van der Waals surface area contributed by atoms with Gasteiger partial charge in [-0.15, -0.1) is 0 Å². The molecule has 2 fully saturated rings. The van der Waals surface area contributed by atoms with E-state index in [0.29, 0.717) is 26.2 Å². The molecule has 1 atom stereocenters. The summed E-state index contributed by atoms with van der Waals surface area (Å²) in [4.78, 5) is 12.9. The average Bonchev–Trinajstić information content (AvgIpc) is 2.76. The van der Waals surface area contributed by atoms with Crippen LogP contribution in [0.15, 0.2) is 24.3 Å². The lowest BCUT2D eigenvalue weighted by atomic mass is 9.78. The predicted octanol–water partition coefficient (Wildman–Crippen LogP) is 1.91. The minimum absolute atomic E-state index is 0.167. The van der Waals surface area contributed by atoms with Crippen LogP contribution >= 0.6 is 0 Å². The number of carboxylic acid groups (broad SMARTS) is 1. The second-order valence-electron chi connectivity index (χ2n) is 7.74. The quantitative estimate of drug-likeness (QED) is 0.846. The number of amides is 1. The highest BCUT2D eigenvalue weighted by molar-refractivity contribution is 6.62. The van der Waals surface area contributed by atoms with Gasteiger partial charge in [-0.3, -0.25) is 0 Å². The topological polar surface area (TPSA) is 68.2 Å². The second kappa shape index (κ2) is 6.63. The molecule has 0 unspecified atom stereocenters. The van der Waals surface area contributed by atoms with Crippen molar-refractivity contribution in [3.8, 4) is 0 Å². The molecule has 2 aliphatic heterocycles. The van der Waals surface area contributed by atoms with Crippen LogP contribution in [-0.4, -0.2) is 60.2 Å². The molecule has 1 aromatic carbocycles. The van der Waals surface area contributed by atoms with Gasteiger partial charge in [-0.2, -0.15) is 0 Å². The molecule has 0 radical (unpaired) electrons. The Morgan fingerprint density at radius 1 is 1.28 bits per heavy atom. The lowest BCUT2D eigenvalue weighted by Gasteiger charge is -2.33. The highest BCUT2D eigenvalue weighted by Gasteiger charge is 2.51. The maximum Gasteiger partial charge on any atom is 0.494 e. The Balaban J connectivity index is 1.75. The van der Waals surface area contributed by atoms with Crippen molar-refractivity contribution in [2.24, 2.45) is 0 Å². The van der Waals surface area contributed by atoms with E-state index >= 15 is 0 Å². The van der Waals surface area contributed by atoms with Crippen LogP contribution in [0.25, 0.3) is 0 Å². The summed E-state index contributed by atoms with van der Waals surface area (Å²) in [7, 11) is -0.414. The highest BCUT2D eigenvalue weighted by Crippen LogP contribution is 2.36. The zero-order chi connectivity index (χ0) is 18.2. The third-order valence-corrected chi connectivity index (χ3v) is 5.42. The summed E-state index contributed by atoms with van der Waals surface area (Å²) >= 11 is 0. The summed E-state index contributed by atoms with van der Waals surface area (Å²) in [6.45, 7) is 9.41. The molecular formula is C18H26BNO5. The molecule has 2 heterocycles. The number of hydrogen-bond acceptors (Lipinski definition) is 4. The summed E-state index contributed by atoms with van der Waals surface area (Å²) in [5.41, 5.74) is 1.24. The molecule has 3 rings (SSSR count). The van der Waals surface area contributed by atoms with E-state index < -0.39 is 13.2 Å². The molecule has 136 valence electrons. The van der Waals surface area contributed by atoms with E-state index in [1.165, 1.54) is 4.90 Å². The number of rotatable bonds is 3. The molecule has 6 nitrogen and oxygen atoms in total. The van der Waals surface area contributed by atoms with Crippen molar-refractivity contribution < 1.29 is 23.9 Å². The molecule has 0 bridgehead atoms. The molecule has 0 spiro atoms. The van der Waals surface area contributed by atoms with Crippen molar-refractivity contribution in [1.82, 2.24) is 4.90 Å². The van der Waals surface area contributed by atoms with Gasteiger partial charge in [0, 0.05) is 6.54 Å². The zero-order valence-electron chi connectivity index (χ0n) is 15.3. The van der Waals surface area contributed by atoms with Crippen molar-refractivity contribution in [3.05, 3.63) is 29.8 Å². The van der Waals surface area contributed by atoms with Gasteiger partial charge in [0.15, 0.2) is 0 Å². The van der Waals surface area contributed by atoms with E-state index in [9.17, 15) is 9.90 Å². The van der Waals surface area contributed by atoms with Gasteiger partial charge in [-0.1, -0.05) is 24.3 Å². The first kappa shape index (κ1) is 18.2. The van der Waals surface area contributed by atoms with Crippen LogP contribution in [0.2, 0.25) is 0 Å². The molecule has 1 amide bonds. The van der Waals surface area contributed by atoms with Crippen LogP contribution in [0.1, 0.15) is 33.3 Å². The predicted molar refractivity (Wildman–Crippen MR) is 95.2 cm³/mol. The van der Waals surface area contributed by atoms with E-state index in [2.05, 4.69) is 0 Å². The number of hydrogen-bond donors (Lipinski definition) is 1. The van der Waals surface area contributed by atoms with E-state index in [1.807, 2.05) is 52.0 Å². The average molecular weight is 347 g/mol. The van der Waals surface area contributed by atoms with Crippen LogP contribution in [0.5, 0.6) is 0 Å². The van der Waals surface area contributed by atoms with Crippen LogP contribution in [-0.2, 0) is 20.5 Å². The van der Waals surface area contributed by atoms with E-state index in [1.54, 1.807) is 0 Å². The number of benzene rings is 1. The monoisotopic (exact) mass is 347 g/mol. The molecular weight excluding hydrogens is 321 g/mol. The lowest BCUT2D eigenvalue weighted by molar-refractivity contribution is 0.000289. The Morgan fingerprint density at radius 3 is 2.60 bits per heavy atom. The fraction of sp³-hybridized carbons (Fsp3) is 0.611. The van der Waals surface area contributed by atoms with E-state index in [4.69, 9.17) is 14.0 Å². The summed E-state index contributed by atoms with van der Waals surface area (Å²) in [6.07, 6.45) is -0.282. The largest absolute Gasteiger partial charge is 0.494 e. The third-order valence-electron chi connectivity index (χ3n) is 5.42. The van der Waals surface area contributed by atoms with Gasteiger partial charge in [-0.25, -0.2) is 4.79 Å². The standard InChI is InChI=1S/C18H26BNO5/c1-17(2)18(3,4)25-19(24-17)14-7-5-6-13(10-14)11-15-12-23-9-8-20(15)16(21)22/h5-7,10,15H,8-9,11-12H2,1-4H3,(H,21,22)/t15-/m1/s1. The third kappa shape index (κ3) is 3.68. The first-order valence-corrected chi connectivity index (χ1v) is 8.71. The smallest absolute Gasteiger partial charge is 0.465 e. The van der Waals surface area contributed by atoms with Gasteiger partial charge >= 0.3 is 13.2 Å². The molecule has 1 N–H and O–H groups in total. The summed E-state index contributed by atoms with van der Waals surface area (Å²) in [5.74, 6) is 0. The van der Waals surface area contributed by atoms with Crippen molar-refractivity contribution in [2.75, 3.05) is 19.8 Å². The fourth-order valence-corrected chi connectivity index (χ4v) is 3.19. The Morgan fingerprint density at radius 2 is 1.96 bits per heavy atom. The normalized spacial score (nSPS) is 25.2. The zero-order valence-corrected chi connectivity index (χ0v) is 15.3. The Kier molecular flexibility index (Phi) is 4.83. The van der Waals surface area contributed by atoms with Crippen LogP contribution in [0.3, 0.4) is 0 Å². The molecule has 0 saturated carbocycles. The number of carbonyl (C=O) groups is 1. The molecule has 7 heteroatoms. The Bertz CT molecular complexity index is 632. The van der Waals surface area contributed by atoms with Crippen molar-refractivity contribution in [2.45, 2.75) is 51.4 Å². The lowest BCUT2D eigenvalue weighted by Crippen LogP contribution is -2.49.